The van der Waals surface area contributed by atoms with Gasteiger partial charge in [0.1, 0.15) is 6.04 Å². The van der Waals surface area contributed by atoms with Crippen molar-refractivity contribution in [1.82, 2.24) is 10.6 Å². The van der Waals surface area contributed by atoms with Crippen LogP contribution in [-0.2, 0) is 4.79 Å². The Morgan fingerprint density at radius 1 is 1.00 bits per heavy atom. The fourth-order valence-corrected chi connectivity index (χ4v) is 3.32. The smallest absolute Gasteiger partial charge is 0.270 e. The van der Waals surface area contributed by atoms with E-state index >= 15 is 0 Å². The molecular formula is C22H26ClN3O6. The molecule has 0 saturated heterocycles. The van der Waals surface area contributed by atoms with Gasteiger partial charge in [0.25, 0.3) is 11.6 Å². The van der Waals surface area contributed by atoms with Gasteiger partial charge in [-0.05, 0) is 36.6 Å². The van der Waals surface area contributed by atoms with E-state index in [1.807, 2.05) is 13.0 Å². The first-order valence-corrected chi connectivity index (χ1v) is 10.2. The van der Waals surface area contributed by atoms with Gasteiger partial charge in [0, 0.05) is 12.1 Å². The second kappa shape index (κ2) is 10.8. The zero-order valence-corrected chi connectivity index (χ0v) is 19.2. The highest BCUT2D eigenvalue weighted by Gasteiger charge is 2.27. The van der Waals surface area contributed by atoms with E-state index < -0.39 is 16.9 Å². The average molecular weight is 464 g/mol. The molecule has 0 aliphatic carbocycles. The summed E-state index contributed by atoms with van der Waals surface area (Å²) in [5, 5.41) is 16.4. The second-order valence-corrected chi connectivity index (χ2v) is 7.87. The van der Waals surface area contributed by atoms with Crippen LogP contribution in [0.5, 0.6) is 11.5 Å². The van der Waals surface area contributed by atoms with Crippen molar-refractivity contribution < 1.29 is 24.0 Å². The third-order valence-corrected chi connectivity index (χ3v) is 5.22. The van der Waals surface area contributed by atoms with Crippen molar-refractivity contribution in [1.29, 1.82) is 0 Å². The van der Waals surface area contributed by atoms with Crippen LogP contribution in [-0.4, -0.2) is 37.0 Å². The van der Waals surface area contributed by atoms with Crippen molar-refractivity contribution >= 4 is 29.1 Å². The summed E-state index contributed by atoms with van der Waals surface area (Å²) in [6.45, 7) is 5.40. The van der Waals surface area contributed by atoms with Gasteiger partial charge in [0.2, 0.25) is 5.91 Å². The van der Waals surface area contributed by atoms with E-state index in [-0.39, 0.29) is 34.1 Å². The van der Waals surface area contributed by atoms with Crippen LogP contribution in [0, 0.1) is 16.0 Å². The van der Waals surface area contributed by atoms with Gasteiger partial charge in [0.05, 0.1) is 35.8 Å². The fourth-order valence-electron chi connectivity index (χ4n) is 3.06. The molecule has 2 atom stereocenters. The third kappa shape index (κ3) is 5.88. The van der Waals surface area contributed by atoms with Crippen molar-refractivity contribution in [3.8, 4) is 11.5 Å². The first-order chi connectivity index (χ1) is 15.1. The number of methoxy groups -OCH3 is 2. The second-order valence-electron chi connectivity index (χ2n) is 7.46. The molecule has 0 heterocycles. The summed E-state index contributed by atoms with van der Waals surface area (Å²) in [7, 11) is 3.06. The minimum Gasteiger partial charge on any atom is -0.493 e. The van der Waals surface area contributed by atoms with Gasteiger partial charge in [-0.2, -0.15) is 0 Å². The Morgan fingerprint density at radius 3 is 2.19 bits per heavy atom. The van der Waals surface area contributed by atoms with E-state index in [4.69, 9.17) is 21.1 Å². The number of hydrogen-bond acceptors (Lipinski definition) is 6. The Bertz CT molecular complexity index is 1010. The van der Waals surface area contributed by atoms with Gasteiger partial charge in [0.15, 0.2) is 11.5 Å². The van der Waals surface area contributed by atoms with Crippen molar-refractivity contribution in [3.05, 3.63) is 62.7 Å². The molecule has 2 unspecified atom stereocenters. The van der Waals surface area contributed by atoms with Crippen LogP contribution in [0.3, 0.4) is 0 Å². The average Bonchev–Trinajstić information content (AvgIpc) is 2.76. The lowest BCUT2D eigenvalue weighted by molar-refractivity contribution is -0.384. The Hall–Kier alpha value is -3.33. The van der Waals surface area contributed by atoms with Gasteiger partial charge >= 0.3 is 0 Å². The topological polar surface area (TPSA) is 120 Å². The molecule has 9 nitrogen and oxygen atoms in total. The molecule has 10 heteroatoms. The third-order valence-electron chi connectivity index (χ3n) is 4.91. The summed E-state index contributed by atoms with van der Waals surface area (Å²) in [5.74, 6) is -0.103. The molecule has 2 aromatic rings. The van der Waals surface area contributed by atoms with E-state index in [1.165, 1.54) is 26.4 Å². The lowest BCUT2D eigenvalue weighted by Gasteiger charge is -2.24. The predicted octanol–water partition coefficient (Wildman–Crippen LogP) is 3.90. The molecule has 2 aromatic carbocycles. The van der Waals surface area contributed by atoms with Crippen LogP contribution < -0.4 is 20.1 Å². The Balaban J connectivity index is 2.16. The van der Waals surface area contributed by atoms with E-state index in [0.29, 0.717) is 11.5 Å². The van der Waals surface area contributed by atoms with Gasteiger partial charge in [-0.15, -0.1) is 0 Å². The highest BCUT2D eigenvalue weighted by molar-refractivity contribution is 6.34. The molecule has 32 heavy (non-hydrogen) atoms. The summed E-state index contributed by atoms with van der Waals surface area (Å²) in [5.41, 5.74) is 0.611. The molecule has 0 bridgehead atoms. The molecule has 0 radical (unpaired) electrons. The number of ether oxygens (including phenoxy) is 2. The zero-order valence-electron chi connectivity index (χ0n) is 18.5. The molecule has 2 N–H and O–H groups in total. The number of nitro groups is 1. The first kappa shape index (κ1) is 24.9. The molecule has 2 rings (SSSR count). The van der Waals surface area contributed by atoms with Crippen molar-refractivity contribution in [3.63, 3.8) is 0 Å². The summed E-state index contributed by atoms with van der Waals surface area (Å²) >= 11 is 6.04. The number of halogens is 1. The largest absolute Gasteiger partial charge is 0.493 e. The van der Waals surface area contributed by atoms with Crippen LogP contribution in [0.25, 0.3) is 0 Å². The number of carbonyl (C=O) groups excluding carboxylic acids is 2. The summed E-state index contributed by atoms with van der Waals surface area (Å²) in [6.07, 6.45) is 0. The minimum absolute atomic E-state index is 0.0451. The van der Waals surface area contributed by atoms with Crippen molar-refractivity contribution in [2.45, 2.75) is 32.9 Å². The number of amides is 2. The van der Waals surface area contributed by atoms with E-state index in [1.54, 1.807) is 26.0 Å². The van der Waals surface area contributed by atoms with E-state index in [9.17, 15) is 19.7 Å². The number of benzene rings is 2. The van der Waals surface area contributed by atoms with Gasteiger partial charge in [-0.25, -0.2) is 0 Å². The molecule has 0 fully saturated rings. The van der Waals surface area contributed by atoms with Crippen molar-refractivity contribution in [2.24, 2.45) is 5.92 Å². The molecule has 0 aliphatic heterocycles. The Kier molecular flexibility index (Phi) is 8.42. The highest BCUT2D eigenvalue weighted by Crippen LogP contribution is 2.30. The van der Waals surface area contributed by atoms with Gasteiger partial charge < -0.3 is 20.1 Å². The first-order valence-electron chi connectivity index (χ1n) is 9.86. The molecule has 0 aromatic heterocycles. The standard InChI is InChI=1S/C22H26ClN3O6/c1-12(2)20(25-21(27)16-8-7-15(26(29)30)11-17(16)23)22(28)24-13(3)14-6-9-18(31-4)19(10-14)32-5/h6-13,20H,1-5H3,(H,24,28)(H,25,27). The zero-order chi connectivity index (χ0) is 24.0. The molecule has 2 amide bonds. The Morgan fingerprint density at radius 2 is 1.66 bits per heavy atom. The van der Waals surface area contributed by atoms with Crippen LogP contribution >= 0.6 is 11.6 Å². The van der Waals surface area contributed by atoms with Crippen LogP contribution in [0.1, 0.15) is 42.7 Å². The molecule has 0 spiro atoms. The number of non-ortho nitro benzene ring substituents is 1. The normalized spacial score (nSPS) is 12.6. The van der Waals surface area contributed by atoms with Gasteiger partial charge in [-0.1, -0.05) is 31.5 Å². The monoisotopic (exact) mass is 463 g/mol. The fraction of sp³-hybridized carbons (Fsp3) is 0.364. The summed E-state index contributed by atoms with van der Waals surface area (Å²) < 4.78 is 10.5. The molecular weight excluding hydrogens is 438 g/mol. The van der Waals surface area contributed by atoms with Crippen LogP contribution in [0.15, 0.2) is 36.4 Å². The number of hydrogen-bond donors (Lipinski definition) is 2. The molecule has 172 valence electrons. The maximum Gasteiger partial charge on any atom is 0.270 e. The molecule has 0 saturated carbocycles. The minimum atomic E-state index is -0.851. The molecule has 0 aliphatic rings. The lowest BCUT2D eigenvalue weighted by atomic mass is 10.0. The SMILES string of the molecule is COc1ccc(C(C)NC(=O)C(NC(=O)c2ccc([N+](=O)[O-])cc2Cl)C(C)C)cc1OC. The maximum absolute atomic E-state index is 12.9. The number of rotatable bonds is 9. The highest BCUT2D eigenvalue weighted by atomic mass is 35.5. The predicted molar refractivity (Wildman–Crippen MR) is 120 cm³/mol. The maximum atomic E-state index is 12.9. The van der Waals surface area contributed by atoms with Crippen molar-refractivity contribution in [2.75, 3.05) is 14.2 Å². The van der Waals surface area contributed by atoms with E-state index in [2.05, 4.69) is 10.6 Å². The van der Waals surface area contributed by atoms with E-state index in [0.717, 1.165) is 11.6 Å². The lowest BCUT2D eigenvalue weighted by Crippen LogP contribution is -2.50. The van der Waals surface area contributed by atoms with Crippen LogP contribution in [0.4, 0.5) is 5.69 Å². The number of nitro benzene ring substituents is 1. The summed E-state index contributed by atoms with van der Waals surface area (Å²) in [6, 6.07) is 7.64. The quantitative estimate of drug-likeness (QED) is 0.430. The Labute approximate surface area is 191 Å². The number of nitrogens with zero attached hydrogens (tertiary/aromatic N) is 1. The number of carbonyl (C=O) groups is 2. The summed E-state index contributed by atoms with van der Waals surface area (Å²) in [4.78, 5) is 35.9. The number of nitrogens with one attached hydrogen (secondary N) is 2. The van der Waals surface area contributed by atoms with Gasteiger partial charge in [-0.3, -0.25) is 19.7 Å². The van der Waals surface area contributed by atoms with Crippen LogP contribution in [0.2, 0.25) is 5.02 Å².